The zero-order valence-electron chi connectivity index (χ0n) is 17.8. The summed E-state index contributed by atoms with van der Waals surface area (Å²) in [5.74, 6) is 1.19. The second-order valence-corrected chi connectivity index (χ2v) is 7.26. The Bertz CT molecular complexity index is 1170. The highest BCUT2D eigenvalue weighted by Gasteiger charge is 2.27. The molecule has 0 spiro atoms. The van der Waals surface area contributed by atoms with Crippen molar-refractivity contribution in [2.75, 3.05) is 52.4 Å². The monoisotopic (exact) mass is 423 g/mol. The molecule has 1 fully saturated rings. The lowest BCUT2D eigenvalue weighted by molar-refractivity contribution is 0.0742. The lowest BCUT2D eigenvalue weighted by atomic mass is 10.1. The van der Waals surface area contributed by atoms with Crippen molar-refractivity contribution in [3.05, 3.63) is 58.4 Å². The highest BCUT2D eigenvalue weighted by Crippen LogP contribution is 2.40. The maximum atomic E-state index is 13.2. The van der Waals surface area contributed by atoms with Crippen LogP contribution in [0.5, 0.6) is 17.2 Å². The Morgan fingerprint density at radius 2 is 1.61 bits per heavy atom. The number of carbonyl (C=O) groups excluding carboxylic acids is 1. The molecule has 4 rings (SSSR count). The van der Waals surface area contributed by atoms with Crippen LogP contribution in [-0.2, 0) is 0 Å². The standard InChI is InChI=1S/C23H25N3O5/c1-29-19-8-6-17(21(30-2)22(19)31-3)23(28)26-12-10-25(11-13-26)16-5-7-18-15(14-16)4-9-20(27)24-18/h4-9,14H,10-13H2,1-3H3,(H,24,27). The van der Waals surface area contributed by atoms with Crippen LogP contribution in [0, 0.1) is 0 Å². The molecule has 0 atom stereocenters. The molecular weight excluding hydrogens is 398 g/mol. The Morgan fingerprint density at radius 1 is 0.871 bits per heavy atom. The number of hydrogen-bond donors (Lipinski definition) is 1. The van der Waals surface area contributed by atoms with E-state index in [9.17, 15) is 9.59 Å². The minimum absolute atomic E-state index is 0.103. The average molecular weight is 423 g/mol. The summed E-state index contributed by atoms with van der Waals surface area (Å²) in [6.07, 6.45) is 0. The Balaban J connectivity index is 1.51. The first-order chi connectivity index (χ1) is 15.0. The molecule has 2 heterocycles. The van der Waals surface area contributed by atoms with Gasteiger partial charge in [0.15, 0.2) is 11.5 Å². The summed E-state index contributed by atoms with van der Waals surface area (Å²) >= 11 is 0. The molecule has 162 valence electrons. The largest absolute Gasteiger partial charge is 0.493 e. The van der Waals surface area contributed by atoms with Crippen LogP contribution in [0.25, 0.3) is 10.9 Å². The van der Waals surface area contributed by atoms with Crippen LogP contribution in [0.1, 0.15) is 10.4 Å². The van der Waals surface area contributed by atoms with E-state index in [0.29, 0.717) is 49.0 Å². The number of carbonyl (C=O) groups is 1. The summed E-state index contributed by atoms with van der Waals surface area (Å²) in [5, 5.41) is 0.977. The summed E-state index contributed by atoms with van der Waals surface area (Å²) in [6, 6.07) is 12.7. The molecule has 0 unspecified atom stereocenters. The maximum Gasteiger partial charge on any atom is 0.257 e. The molecule has 2 aromatic carbocycles. The Morgan fingerprint density at radius 3 is 2.29 bits per heavy atom. The molecule has 1 saturated heterocycles. The molecule has 1 aliphatic heterocycles. The van der Waals surface area contributed by atoms with Crippen LogP contribution in [0.2, 0.25) is 0 Å². The van der Waals surface area contributed by atoms with Crippen molar-refractivity contribution in [3.63, 3.8) is 0 Å². The van der Waals surface area contributed by atoms with Gasteiger partial charge in [0.05, 0.1) is 26.9 Å². The number of H-pyrrole nitrogens is 1. The summed E-state index contributed by atoms with van der Waals surface area (Å²) in [5.41, 5.74) is 2.21. The summed E-state index contributed by atoms with van der Waals surface area (Å²) in [7, 11) is 4.58. The molecule has 8 heteroatoms. The fourth-order valence-corrected chi connectivity index (χ4v) is 3.95. The Hall–Kier alpha value is -3.68. The molecule has 1 amide bonds. The summed E-state index contributed by atoms with van der Waals surface area (Å²) in [4.78, 5) is 31.6. The zero-order valence-corrected chi connectivity index (χ0v) is 17.8. The second-order valence-electron chi connectivity index (χ2n) is 7.26. The van der Waals surface area contributed by atoms with Crippen molar-refractivity contribution < 1.29 is 19.0 Å². The predicted molar refractivity (Wildman–Crippen MR) is 119 cm³/mol. The molecule has 1 aliphatic rings. The number of aromatic nitrogens is 1. The molecule has 0 saturated carbocycles. The fourth-order valence-electron chi connectivity index (χ4n) is 3.95. The van der Waals surface area contributed by atoms with Gasteiger partial charge in [-0.25, -0.2) is 0 Å². The number of aromatic amines is 1. The minimum Gasteiger partial charge on any atom is -0.493 e. The quantitative estimate of drug-likeness (QED) is 0.679. The molecule has 8 nitrogen and oxygen atoms in total. The number of amides is 1. The number of piperazine rings is 1. The maximum absolute atomic E-state index is 13.2. The van der Waals surface area contributed by atoms with Gasteiger partial charge in [0.25, 0.3) is 5.91 Å². The number of anilines is 1. The van der Waals surface area contributed by atoms with Gasteiger partial charge < -0.3 is 29.0 Å². The van der Waals surface area contributed by atoms with Crippen LogP contribution in [0.3, 0.4) is 0 Å². The SMILES string of the molecule is COc1ccc(C(=O)N2CCN(c3ccc4[nH]c(=O)ccc4c3)CC2)c(OC)c1OC. The first-order valence-corrected chi connectivity index (χ1v) is 10.0. The normalized spacial score (nSPS) is 13.9. The van der Waals surface area contributed by atoms with E-state index in [-0.39, 0.29) is 11.5 Å². The second kappa shape index (κ2) is 8.59. The van der Waals surface area contributed by atoms with Gasteiger partial charge in [-0.15, -0.1) is 0 Å². The van der Waals surface area contributed by atoms with Crippen molar-refractivity contribution in [2.24, 2.45) is 0 Å². The van der Waals surface area contributed by atoms with Gasteiger partial charge in [0, 0.05) is 48.8 Å². The number of nitrogens with one attached hydrogen (secondary N) is 1. The highest BCUT2D eigenvalue weighted by molar-refractivity contribution is 5.98. The summed E-state index contributed by atoms with van der Waals surface area (Å²) in [6.45, 7) is 2.58. The van der Waals surface area contributed by atoms with Crippen molar-refractivity contribution in [1.82, 2.24) is 9.88 Å². The topological polar surface area (TPSA) is 84.1 Å². The van der Waals surface area contributed by atoms with Gasteiger partial charge in [0.2, 0.25) is 11.3 Å². The van der Waals surface area contributed by atoms with Gasteiger partial charge in [-0.3, -0.25) is 9.59 Å². The first kappa shape index (κ1) is 20.6. The number of pyridine rings is 1. The van der Waals surface area contributed by atoms with E-state index in [0.717, 1.165) is 16.6 Å². The minimum atomic E-state index is -0.113. The lowest BCUT2D eigenvalue weighted by Gasteiger charge is -2.36. The van der Waals surface area contributed by atoms with Gasteiger partial charge >= 0.3 is 0 Å². The third kappa shape index (κ3) is 3.88. The average Bonchev–Trinajstić information content (AvgIpc) is 2.82. The number of ether oxygens (including phenoxy) is 3. The molecule has 0 aliphatic carbocycles. The van der Waals surface area contributed by atoms with E-state index in [2.05, 4.69) is 16.0 Å². The number of hydrogen-bond acceptors (Lipinski definition) is 6. The summed E-state index contributed by atoms with van der Waals surface area (Å²) < 4.78 is 16.2. The van der Waals surface area contributed by atoms with E-state index in [1.54, 1.807) is 19.2 Å². The lowest BCUT2D eigenvalue weighted by Crippen LogP contribution is -2.48. The van der Waals surface area contributed by atoms with Crippen LogP contribution in [-0.4, -0.2) is 63.3 Å². The molecular formula is C23H25N3O5. The van der Waals surface area contributed by atoms with E-state index in [4.69, 9.17) is 14.2 Å². The number of fused-ring (bicyclic) bond motifs is 1. The van der Waals surface area contributed by atoms with Crippen molar-refractivity contribution in [1.29, 1.82) is 0 Å². The molecule has 0 bridgehead atoms. The van der Waals surface area contributed by atoms with Crippen LogP contribution in [0.15, 0.2) is 47.3 Å². The Kier molecular flexibility index (Phi) is 5.70. The first-order valence-electron chi connectivity index (χ1n) is 10.0. The van der Waals surface area contributed by atoms with E-state index in [1.165, 1.54) is 20.3 Å². The number of nitrogens with zero attached hydrogens (tertiary/aromatic N) is 2. The highest BCUT2D eigenvalue weighted by atomic mass is 16.5. The van der Waals surface area contributed by atoms with E-state index >= 15 is 0 Å². The van der Waals surface area contributed by atoms with Gasteiger partial charge in [-0.05, 0) is 36.4 Å². The zero-order chi connectivity index (χ0) is 22.0. The number of benzene rings is 2. The molecule has 1 aromatic heterocycles. The fraction of sp³-hybridized carbons (Fsp3) is 0.304. The molecule has 31 heavy (non-hydrogen) atoms. The van der Waals surface area contributed by atoms with Crippen molar-refractivity contribution in [2.45, 2.75) is 0 Å². The predicted octanol–water partition coefficient (Wildman–Crippen LogP) is 2.52. The number of rotatable bonds is 5. The van der Waals surface area contributed by atoms with E-state index < -0.39 is 0 Å². The van der Waals surface area contributed by atoms with E-state index in [1.807, 2.05) is 23.1 Å². The van der Waals surface area contributed by atoms with Crippen LogP contribution >= 0.6 is 0 Å². The molecule has 1 N–H and O–H groups in total. The smallest absolute Gasteiger partial charge is 0.257 e. The van der Waals surface area contributed by atoms with Crippen LogP contribution < -0.4 is 24.7 Å². The van der Waals surface area contributed by atoms with Gasteiger partial charge in [0.1, 0.15) is 0 Å². The van der Waals surface area contributed by atoms with Crippen LogP contribution in [0.4, 0.5) is 5.69 Å². The molecule has 3 aromatic rings. The number of methoxy groups -OCH3 is 3. The van der Waals surface area contributed by atoms with Crippen molar-refractivity contribution >= 4 is 22.5 Å². The Labute approximate surface area is 179 Å². The van der Waals surface area contributed by atoms with Gasteiger partial charge in [-0.2, -0.15) is 0 Å². The third-order valence-corrected chi connectivity index (χ3v) is 5.57. The van der Waals surface area contributed by atoms with Gasteiger partial charge in [-0.1, -0.05) is 0 Å². The van der Waals surface area contributed by atoms with Crippen molar-refractivity contribution in [3.8, 4) is 17.2 Å². The molecule has 0 radical (unpaired) electrons. The third-order valence-electron chi connectivity index (χ3n) is 5.57.